The van der Waals surface area contributed by atoms with Gasteiger partial charge in [-0.05, 0) is 24.8 Å². The van der Waals surface area contributed by atoms with Crippen LogP contribution in [-0.2, 0) is 16.1 Å². The Labute approximate surface area is 124 Å². The zero-order chi connectivity index (χ0) is 15.5. The topological polar surface area (TPSA) is 96.9 Å². The summed E-state index contributed by atoms with van der Waals surface area (Å²) in [6, 6.07) is 7.43. The third-order valence-corrected chi connectivity index (χ3v) is 3.99. The van der Waals surface area contributed by atoms with Crippen molar-refractivity contribution in [2.75, 3.05) is 12.4 Å². The minimum atomic E-state index is -0.908. The summed E-state index contributed by atoms with van der Waals surface area (Å²) in [5.41, 5.74) is 6.41. The Balaban J connectivity index is 2.21. The lowest BCUT2D eigenvalue weighted by molar-refractivity contribution is -0.127. The number of methoxy groups -OCH3 is 1. The number of oxime groups is 1. The molecule has 114 valence electrons. The number of anilines is 1. The standard InChI is InChI=1S/C15H21N3O3/c1-10-7-15(8-10,13(16)18-20)14(19)17-12-6-4-3-5-11(12)9-21-2/h3-6,10,20H,7-9H2,1-2H3,(H2,16,18)(H,17,19). The Bertz CT molecular complexity index is 551. The molecule has 1 fully saturated rings. The first-order valence-electron chi connectivity index (χ1n) is 6.90. The molecule has 4 N–H and O–H groups in total. The maximum atomic E-state index is 12.6. The molecule has 0 heterocycles. The molecule has 1 aliphatic carbocycles. The SMILES string of the molecule is COCc1ccccc1NC(=O)C1(/C(N)=N/O)CC(C)C1. The monoisotopic (exact) mass is 291 g/mol. The van der Waals surface area contributed by atoms with Crippen LogP contribution in [0.4, 0.5) is 5.69 Å². The molecule has 1 aliphatic rings. The van der Waals surface area contributed by atoms with Gasteiger partial charge >= 0.3 is 0 Å². The third kappa shape index (κ3) is 2.85. The quantitative estimate of drug-likeness (QED) is 0.334. The number of hydrogen-bond donors (Lipinski definition) is 3. The number of amidine groups is 1. The molecule has 0 atom stereocenters. The van der Waals surface area contributed by atoms with Crippen molar-refractivity contribution in [2.24, 2.45) is 22.2 Å². The fourth-order valence-electron chi connectivity index (χ4n) is 2.90. The van der Waals surface area contributed by atoms with Crippen LogP contribution >= 0.6 is 0 Å². The van der Waals surface area contributed by atoms with E-state index < -0.39 is 5.41 Å². The van der Waals surface area contributed by atoms with Crippen molar-refractivity contribution in [3.8, 4) is 0 Å². The number of ether oxygens (including phenoxy) is 1. The van der Waals surface area contributed by atoms with Gasteiger partial charge in [-0.15, -0.1) is 0 Å². The van der Waals surface area contributed by atoms with Crippen LogP contribution in [0.5, 0.6) is 0 Å². The summed E-state index contributed by atoms with van der Waals surface area (Å²) in [5.74, 6) is 0.118. The Hall–Kier alpha value is -2.08. The summed E-state index contributed by atoms with van der Waals surface area (Å²) in [7, 11) is 1.60. The van der Waals surface area contributed by atoms with Crippen molar-refractivity contribution in [1.82, 2.24) is 0 Å². The summed E-state index contributed by atoms with van der Waals surface area (Å²) >= 11 is 0. The van der Waals surface area contributed by atoms with E-state index in [0.29, 0.717) is 31.1 Å². The van der Waals surface area contributed by atoms with Gasteiger partial charge in [0.15, 0.2) is 5.84 Å². The first-order valence-corrected chi connectivity index (χ1v) is 6.90. The van der Waals surface area contributed by atoms with E-state index in [9.17, 15) is 4.79 Å². The molecular formula is C15H21N3O3. The smallest absolute Gasteiger partial charge is 0.238 e. The van der Waals surface area contributed by atoms with E-state index >= 15 is 0 Å². The first kappa shape index (κ1) is 15.3. The van der Waals surface area contributed by atoms with Crippen molar-refractivity contribution < 1.29 is 14.7 Å². The largest absolute Gasteiger partial charge is 0.409 e. The van der Waals surface area contributed by atoms with Crippen LogP contribution < -0.4 is 11.1 Å². The molecule has 0 bridgehead atoms. The maximum absolute atomic E-state index is 12.6. The molecule has 0 aliphatic heterocycles. The van der Waals surface area contributed by atoms with E-state index in [1.54, 1.807) is 7.11 Å². The highest BCUT2D eigenvalue weighted by atomic mass is 16.5. The first-order chi connectivity index (χ1) is 10.0. The zero-order valence-corrected chi connectivity index (χ0v) is 12.3. The predicted molar refractivity (Wildman–Crippen MR) is 80.0 cm³/mol. The predicted octanol–water partition coefficient (Wildman–Crippen LogP) is 1.93. The van der Waals surface area contributed by atoms with Gasteiger partial charge in [0.25, 0.3) is 0 Å². The molecule has 0 spiro atoms. The van der Waals surface area contributed by atoms with Gasteiger partial charge in [0, 0.05) is 18.4 Å². The number of para-hydroxylation sites is 1. The van der Waals surface area contributed by atoms with E-state index in [4.69, 9.17) is 15.7 Å². The van der Waals surface area contributed by atoms with Crippen LogP contribution in [0, 0.1) is 11.3 Å². The molecule has 0 unspecified atom stereocenters. The van der Waals surface area contributed by atoms with Gasteiger partial charge in [-0.3, -0.25) is 4.79 Å². The summed E-state index contributed by atoms with van der Waals surface area (Å²) in [4.78, 5) is 12.6. The van der Waals surface area contributed by atoms with E-state index in [-0.39, 0.29) is 11.7 Å². The van der Waals surface area contributed by atoms with Gasteiger partial charge in [0.1, 0.15) is 5.41 Å². The molecule has 1 aromatic rings. The normalized spacial score (nSPS) is 25.2. The van der Waals surface area contributed by atoms with Gasteiger partial charge in [0.05, 0.1) is 6.61 Å². The van der Waals surface area contributed by atoms with E-state index in [0.717, 1.165) is 5.56 Å². The molecule has 0 radical (unpaired) electrons. The van der Waals surface area contributed by atoms with Crippen molar-refractivity contribution in [2.45, 2.75) is 26.4 Å². The highest BCUT2D eigenvalue weighted by molar-refractivity contribution is 6.12. The number of rotatable bonds is 5. The molecular weight excluding hydrogens is 270 g/mol. The second-order valence-electron chi connectivity index (χ2n) is 5.63. The second-order valence-corrected chi connectivity index (χ2v) is 5.63. The number of nitrogens with one attached hydrogen (secondary N) is 1. The van der Waals surface area contributed by atoms with Crippen LogP contribution in [0.2, 0.25) is 0 Å². The highest BCUT2D eigenvalue weighted by Crippen LogP contribution is 2.46. The Morgan fingerprint density at radius 3 is 2.76 bits per heavy atom. The van der Waals surface area contributed by atoms with Crippen molar-refractivity contribution in [1.29, 1.82) is 0 Å². The highest BCUT2D eigenvalue weighted by Gasteiger charge is 2.52. The number of hydrogen-bond acceptors (Lipinski definition) is 4. The fourth-order valence-corrected chi connectivity index (χ4v) is 2.90. The van der Waals surface area contributed by atoms with Crippen molar-refractivity contribution in [3.05, 3.63) is 29.8 Å². The average Bonchev–Trinajstić information content (AvgIpc) is 2.45. The Morgan fingerprint density at radius 2 is 2.19 bits per heavy atom. The van der Waals surface area contributed by atoms with Gasteiger partial charge in [0.2, 0.25) is 5.91 Å². The van der Waals surface area contributed by atoms with Crippen molar-refractivity contribution >= 4 is 17.4 Å². The number of nitrogens with two attached hydrogens (primary N) is 1. The van der Waals surface area contributed by atoms with Gasteiger partial charge in [-0.2, -0.15) is 0 Å². The third-order valence-electron chi connectivity index (χ3n) is 3.99. The van der Waals surface area contributed by atoms with E-state index in [1.165, 1.54) is 0 Å². The van der Waals surface area contributed by atoms with Crippen LogP contribution in [0.3, 0.4) is 0 Å². The summed E-state index contributed by atoms with van der Waals surface area (Å²) in [5, 5.41) is 14.9. The van der Waals surface area contributed by atoms with Crippen LogP contribution in [0.15, 0.2) is 29.4 Å². The average molecular weight is 291 g/mol. The molecule has 6 heteroatoms. The molecule has 1 amide bonds. The van der Waals surface area contributed by atoms with Gasteiger partial charge in [-0.25, -0.2) is 0 Å². The van der Waals surface area contributed by atoms with Crippen LogP contribution in [0.1, 0.15) is 25.3 Å². The Kier molecular flexibility index (Phi) is 4.47. The maximum Gasteiger partial charge on any atom is 0.238 e. The van der Waals surface area contributed by atoms with Gasteiger partial charge in [-0.1, -0.05) is 30.3 Å². The Morgan fingerprint density at radius 1 is 1.52 bits per heavy atom. The lowest BCUT2D eigenvalue weighted by Gasteiger charge is -2.43. The molecule has 21 heavy (non-hydrogen) atoms. The molecule has 6 nitrogen and oxygen atoms in total. The van der Waals surface area contributed by atoms with Crippen LogP contribution in [-0.4, -0.2) is 24.1 Å². The molecule has 2 rings (SSSR count). The summed E-state index contributed by atoms with van der Waals surface area (Å²) in [6.07, 6.45) is 1.17. The molecule has 1 aromatic carbocycles. The zero-order valence-electron chi connectivity index (χ0n) is 12.3. The lowest BCUT2D eigenvalue weighted by Crippen LogP contribution is -2.54. The number of carbonyl (C=O) groups is 1. The number of benzene rings is 1. The number of carbonyl (C=O) groups excluding carboxylic acids is 1. The fraction of sp³-hybridized carbons (Fsp3) is 0.467. The van der Waals surface area contributed by atoms with Crippen LogP contribution in [0.25, 0.3) is 0 Å². The number of amides is 1. The van der Waals surface area contributed by atoms with E-state index in [1.807, 2.05) is 31.2 Å². The molecule has 1 saturated carbocycles. The minimum absolute atomic E-state index is 0.0256. The second kappa shape index (κ2) is 6.13. The molecule has 0 saturated heterocycles. The summed E-state index contributed by atoms with van der Waals surface area (Å²) < 4.78 is 5.12. The lowest BCUT2D eigenvalue weighted by atomic mass is 9.61. The van der Waals surface area contributed by atoms with Gasteiger partial charge < -0.3 is 21.0 Å². The van der Waals surface area contributed by atoms with Crippen molar-refractivity contribution in [3.63, 3.8) is 0 Å². The molecule has 0 aromatic heterocycles. The number of nitrogens with zero attached hydrogens (tertiary/aromatic N) is 1. The summed E-state index contributed by atoms with van der Waals surface area (Å²) in [6.45, 7) is 2.44. The minimum Gasteiger partial charge on any atom is -0.409 e. The van der Waals surface area contributed by atoms with E-state index in [2.05, 4.69) is 10.5 Å².